The first-order valence-electron chi connectivity index (χ1n) is 10.5. The summed E-state index contributed by atoms with van der Waals surface area (Å²) < 4.78 is 33.8. The largest absolute Gasteiger partial charge is 0.495 e. The lowest BCUT2D eigenvalue weighted by Crippen LogP contribution is -2.33. The van der Waals surface area contributed by atoms with Gasteiger partial charge < -0.3 is 10.1 Å². The maximum Gasteiger partial charge on any atom is 0.256 e. The van der Waals surface area contributed by atoms with E-state index in [0.717, 1.165) is 36.8 Å². The smallest absolute Gasteiger partial charge is 0.256 e. The van der Waals surface area contributed by atoms with Crippen LogP contribution in [0, 0.1) is 0 Å². The van der Waals surface area contributed by atoms with Gasteiger partial charge in [-0.05, 0) is 48.7 Å². The van der Waals surface area contributed by atoms with Gasteiger partial charge in [-0.2, -0.15) is 0 Å². The third-order valence-corrected chi connectivity index (χ3v) is 7.05. The Bertz CT molecular complexity index is 1190. The van der Waals surface area contributed by atoms with E-state index >= 15 is 0 Å². The number of nitrogens with zero attached hydrogens (tertiary/aromatic N) is 1. The summed E-state index contributed by atoms with van der Waals surface area (Å²) >= 11 is 0. The maximum absolute atomic E-state index is 12.9. The summed E-state index contributed by atoms with van der Waals surface area (Å²) in [6.07, 6.45) is 5.31. The molecule has 1 amide bonds. The highest BCUT2D eigenvalue weighted by molar-refractivity contribution is 7.89. The Morgan fingerprint density at radius 2 is 1.75 bits per heavy atom. The number of hydrogen-bond donors (Lipinski definition) is 2. The van der Waals surface area contributed by atoms with Crippen molar-refractivity contribution < 1.29 is 17.9 Å². The van der Waals surface area contributed by atoms with E-state index in [2.05, 4.69) is 15.0 Å². The van der Waals surface area contributed by atoms with Crippen LogP contribution < -0.4 is 14.8 Å². The molecule has 0 atom stereocenters. The number of sulfonamides is 1. The fourth-order valence-corrected chi connectivity index (χ4v) is 5.31. The van der Waals surface area contributed by atoms with Crippen LogP contribution in [0.2, 0.25) is 0 Å². The van der Waals surface area contributed by atoms with E-state index in [-0.39, 0.29) is 22.3 Å². The van der Waals surface area contributed by atoms with Crippen molar-refractivity contribution in [3.63, 3.8) is 0 Å². The molecule has 0 aliphatic heterocycles. The van der Waals surface area contributed by atoms with Crippen LogP contribution in [0.1, 0.15) is 36.0 Å². The van der Waals surface area contributed by atoms with E-state index in [9.17, 15) is 13.2 Å². The monoisotopic (exact) mass is 451 g/mol. The molecule has 0 unspecified atom stereocenters. The summed E-state index contributed by atoms with van der Waals surface area (Å²) in [7, 11) is -2.42. The number of aromatic nitrogens is 1. The van der Waals surface area contributed by atoms with Crippen LogP contribution in [-0.4, -0.2) is 32.5 Å². The molecule has 1 aliphatic carbocycles. The average Bonchev–Trinajstić information content (AvgIpc) is 3.32. The molecule has 2 aromatic carbocycles. The zero-order valence-electron chi connectivity index (χ0n) is 17.7. The predicted octanol–water partition coefficient (Wildman–Crippen LogP) is 4.23. The van der Waals surface area contributed by atoms with Crippen LogP contribution in [0.15, 0.2) is 71.8 Å². The second-order valence-corrected chi connectivity index (χ2v) is 9.40. The summed E-state index contributed by atoms with van der Waals surface area (Å²) in [6, 6.07) is 17.6. The van der Waals surface area contributed by atoms with Crippen molar-refractivity contribution in [3.8, 4) is 16.9 Å². The maximum atomic E-state index is 12.9. The molecule has 0 spiro atoms. The minimum Gasteiger partial charge on any atom is -0.495 e. The van der Waals surface area contributed by atoms with Crippen molar-refractivity contribution in [1.29, 1.82) is 0 Å². The molecule has 1 heterocycles. The van der Waals surface area contributed by atoms with Crippen LogP contribution in [0.3, 0.4) is 0 Å². The molecule has 1 fully saturated rings. The quantitative estimate of drug-likeness (QED) is 0.560. The third kappa shape index (κ3) is 4.98. The standard InChI is InChI=1S/C24H25N3O4S/c1-31-21-13-11-18(15-22(21)32(29,30)27-20-9-5-6-10-20)24(28)26-23-14-12-19(16-25-23)17-7-3-2-4-8-17/h2-4,7-8,11-16,20,27H,5-6,9-10H2,1H3,(H,25,26,28). The van der Waals surface area contributed by atoms with E-state index in [0.29, 0.717) is 5.82 Å². The fourth-order valence-electron chi connectivity index (χ4n) is 3.81. The highest BCUT2D eigenvalue weighted by Crippen LogP contribution is 2.28. The zero-order valence-corrected chi connectivity index (χ0v) is 18.6. The third-order valence-electron chi connectivity index (χ3n) is 5.50. The highest BCUT2D eigenvalue weighted by atomic mass is 32.2. The van der Waals surface area contributed by atoms with Gasteiger partial charge in [0.1, 0.15) is 16.5 Å². The molecular formula is C24H25N3O4S. The summed E-state index contributed by atoms with van der Waals surface area (Å²) in [6.45, 7) is 0. The summed E-state index contributed by atoms with van der Waals surface area (Å²) in [5.41, 5.74) is 2.16. The molecule has 166 valence electrons. The van der Waals surface area contributed by atoms with Gasteiger partial charge in [0.25, 0.3) is 5.91 Å². The predicted molar refractivity (Wildman–Crippen MR) is 123 cm³/mol. The number of hydrogen-bond acceptors (Lipinski definition) is 5. The van der Waals surface area contributed by atoms with E-state index < -0.39 is 15.9 Å². The molecule has 4 rings (SSSR count). The van der Waals surface area contributed by atoms with Gasteiger partial charge in [-0.3, -0.25) is 4.79 Å². The Morgan fingerprint density at radius 3 is 2.41 bits per heavy atom. The van der Waals surface area contributed by atoms with E-state index in [4.69, 9.17) is 4.74 Å². The molecule has 3 aromatic rings. The number of benzene rings is 2. The van der Waals surface area contributed by atoms with Crippen molar-refractivity contribution in [2.75, 3.05) is 12.4 Å². The lowest BCUT2D eigenvalue weighted by atomic mass is 10.1. The Kier molecular flexibility index (Phi) is 6.53. The number of nitrogens with one attached hydrogen (secondary N) is 2. The molecule has 1 saturated carbocycles. The number of carbonyl (C=O) groups is 1. The summed E-state index contributed by atoms with van der Waals surface area (Å²) in [5, 5.41) is 2.72. The number of pyridine rings is 1. The normalized spacial score (nSPS) is 14.3. The molecular weight excluding hydrogens is 426 g/mol. The van der Waals surface area contributed by atoms with E-state index in [1.165, 1.54) is 25.3 Å². The van der Waals surface area contributed by atoms with Crippen molar-refractivity contribution in [1.82, 2.24) is 9.71 Å². The second-order valence-electron chi connectivity index (χ2n) is 7.72. The minimum atomic E-state index is -3.82. The summed E-state index contributed by atoms with van der Waals surface area (Å²) in [5.74, 6) is 0.112. The molecule has 2 N–H and O–H groups in total. The van der Waals surface area contributed by atoms with Gasteiger partial charge in [0.05, 0.1) is 7.11 Å². The van der Waals surface area contributed by atoms with Gasteiger partial charge in [0, 0.05) is 23.4 Å². The number of amides is 1. The van der Waals surface area contributed by atoms with Gasteiger partial charge >= 0.3 is 0 Å². The SMILES string of the molecule is COc1ccc(C(=O)Nc2ccc(-c3ccccc3)cn2)cc1S(=O)(=O)NC1CCCC1. The lowest BCUT2D eigenvalue weighted by Gasteiger charge is -2.15. The number of ether oxygens (including phenoxy) is 1. The van der Waals surface area contributed by atoms with Crippen molar-refractivity contribution >= 4 is 21.7 Å². The van der Waals surface area contributed by atoms with Gasteiger partial charge in [-0.25, -0.2) is 18.1 Å². The van der Waals surface area contributed by atoms with E-state index in [1.807, 2.05) is 36.4 Å². The first-order valence-corrected chi connectivity index (χ1v) is 12.0. The Labute approximate surface area is 187 Å². The Balaban J connectivity index is 1.53. The molecule has 7 nitrogen and oxygen atoms in total. The Morgan fingerprint density at radius 1 is 1.00 bits per heavy atom. The van der Waals surface area contributed by atoms with Crippen molar-refractivity contribution in [3.05, 3.63) is 72.4 Å². The first-order chi connectivity index (χ1) is 15.5. The number of anilines is 1. The molecule has 8 heteroatoms. The summed E-state index contributed by atoms with van der Waals surface area (Å²) in [4.78, 5) is 17.0. The van der Waals surface area contributed by atoms with Gasteiger partial charge in [0.2, 0.25) is 10.0 Å². The van der Waals surface area contributed by atoms with Gasteiger partial charge in [-0.15, -0.1) is 0 Å². The van der Waals surface area contributed by atoms with Crippen molar-refractivity contribution in [2.45, 2.75) is 36.6 Å². The molecule has 0 bridgehead atoms. The average molecular weight is 452 g/mol. The fraction of sp³-hybridized carbons (Fsp3) is 0.250. The minimum absolute atomic E-state index is 0.0491. The molecule has 1 aromatic heterocycles. The van der Waals surface area contributed by atoms with Crippen molar-refractivity contribution in [2.24, 2.45) is 0 Å². The molecule has 0 saturated heterocycles. The number of carbonyl (C=O) groups excluding carboxylic acids is 1. The van der Waals surface area contributed by atoms with Crippen LogP contribution >= 0.6 is 0 Å². The molecule has 1 aliphatic rings. The molecule has 32 heavy (non-hydrogen) atoms. The highest BCUT2D eigenvalue weighted by Gasteiger charge is 2.26. The topological polar surface area (TPSA) is 97.4 Å². The lowest BCUT2D eigenvalue weighted by molar-refractivity contribution is 0.102. The van der Waals surface area contributed by atoms with Crippen LogP contribution in [-0.2, 0) is 10.0 Å². The van der Waals surface area contributed by atoms with Crippen LogP contribution in [0.5, 0.6) is 5.75 Å². The van der Waals surface area contributed by atoms with E-state index in [1.54, 1.807) is 12.3 Å². The van der Waals surface area contributed by atoms with Crippen LogP contribution in [0.25, 0.3) is 11.1 Å². The van der Waals surface area contributed by atoms with Crippen LogP contribution in [0.4, 0.5) is 5.82 Å². The zero-order chi connectivity index (χ0) is 22.6. The van der Waals surface area contributed by atoms with Gasteiger partial charge in [-0.1, -0.05) is 43.2 Å². The molecule has 0 radical (unpaired) electrons. The Hall–Kier alpha value is -3.23. The second kappa shape index (κ2) is 9.50. The number of rotatable bonds is 7. The first kappa shape index (κ1) is 22.0. The number of methoxy groups -OCH3 is 1. The van der Waals surface area contributed by atoms with Gasteiger partial charge in [0.15, 0.2) is 0 Å².